The lowest BCUT2D eigenvalue weighted by Gasteiger charge is -2.36. The highest BCUT2D eigenvalue weighted by atomic mass is 16.5. The van der Waals surface area contributed by atoms with Gasteiger partial charge in [0.25, 0.3) is 0 Å². The maximum absolute atomic E-state index is 12.3. The number of benzene rings is 1. The van der Waals surface area contributed by atoms with Crippen molar-refractivity contribution in [2.75, 3.05) is 18.5 Å². The van der Waals surface area contributed by atoms with Gasteiger partial charge in [-0.25, -0.2) is 9.59 Å². The van der Waals surface area contributed by atoms with E-state index >= 15 is 0 Å². The van der Waals surface area contributed by atoms with Gasteiger partial charge in [-0.15, -0.1) is 0 Å². The van der Waals surface area contributed by atoms with Crippen LogP contribution in [-0.2, 0) is 4.74 Å². The molecule has 1 aromatic rings. The summed E-state index contributed by atoms with van der Waals surface area (Å²) in [5.74, 6) is -1.06. The molecule has 1 aliphatic heterocycles. The Morgan fingerprint density at radius 3 is 2.76 bits per heavy atom. The third-order valence-electron chi connectivity index (χ3n) is 3.52. The Kier molecular flexibility index (Phi) is 4.47. The SMILES string of the molecule is Cc1ccc(NC(=O)N2CC(C)OCC2C)c(C(=O)O)c1. The normalized spacial score (nSPS) is 22.0. The number of urea groups is 1. The molecule has 2 unspecified atom stereocenters. The number of nitrogens with one attached hydrogen (secondary N) is 1. The molecule has 6 heteroatoms. The van der Waals surface area contributed by atoms with Crippen LogP contribution in [0.15, 0.2) is 18.2 Å². The van der Waals surface area contributed by atoms with Crippen LogP contribution in [0.3, 0.4) is 0 Å². The minimum atomic E-state index is -1.06. The number of hydrogen-bond acceptors (Lipinski definition) is 3. The Bertz CT molecular complexity index is 559. The van der Waals surface area contributed by atoms with E-state index in [2.05, 4.69) is 5.32 Å². The molecule has 1 aliphatic rings. The van der Waals surface area contributed by atoms with Crippen LogP contribution in [0, 0.1) is 6.92 Å². The Labute approximate surface area is 123 Å². The number of ether oxygens (including phenoxy) is 1. The summed E-state index contributed by atoms with van der Waals surface area (Å²) >= 11 is 0. The van der Waals surface area contributed by atoms with Gasteiger partial charge in [0.2, 0.25) is 0 Å². The molecule has 2 amide bonds. The Balaban J connectivity index is 2.17. The fraction of sp³-hybridized carbons (Fsp3) is 0.467. The molecule has 2 atom stereocenters. The highest BCUT2D eigenvalue weighted by Crippen LogP contribution is 2.19. The standard InChI is InChI=1S/C15H20N2O4/c1-9-4-5-13(12(6-9)14(18)19)16-15(20)17-7-11(3)21-8-10(17)2/h4-6,10-11H,7-8H2,1-3H3,(H,16,20)(H,18,19). The highest BCUT2D eigenvalue weighted by Gasteiger charge is 2.28. The van der Waals surface area contributed by atoms with Crippen molar-refractivity contribution in [1.29, 1.82) is 0 Å². The number of aryl methyl sites for hydroxylation is 1. The zero-order valence-electron chi connectivity index (χ0n) is 12.4. The summed E-state index contributed by atoms with van der Waals surface area (Å²) in [6.07, 6.45) is -0.0242. The van der Waals surface area contributed by atoms with E-state index in [9.17, 15) is 14.7 Å². The van der Waals surface area contributed by atoms with Crippen LogP contribution >= 0.6 is 0 Å². The van der Waals surface area contributed by atoms with Crippen molar-refractivity contribution < 1.29 is 19.4 Å². The summed E-state index contributed by atoms with van der Waals surface area (Å²) in [6, 6.07) is 4.59. The number of aromatic carboxylic acids is 1. The quantitative estimate of drug-likeness (QED) is 0.877. The molecule has 0 radical (unpaired) electrons. The predicted molar refractivity (Wildman–Crippen MR) is 78.7 cm³/mol. The third kappa shape index (κ3) is 3.52. The summed E-state index contributed by atoms with van der Waals surface area (Å²) in [6.45, 7) is 6.58. The van der Waals surface area contributed by atoms with Gasteiger partial charge in [0.15, 0.2) is 0 Å². The van der Waals surface area contributed by atoms with Crippen LogP contribution < -0.4 is 5.32 Å². The first kappa shape index (κ1) is 15.3. The molecular formula is C15H20N2O4. The Hall–Kier alpha value is -2.08. The van der Waals surface area contributed by atoms with E-state index in [1.54, 1.807) is 23.1 Å². The van der Waals surface area contributed by atoms with Crippen LogP contribution in [0.1, 0.15) is 29.8 Å². The number of carbonyl (C=O) groups excluding carboxylic acids is 1. The lowest BCUT2D eigenvalue weighted by molar-refractivity contribution is -0.0296. The molecule has 0 aromatic heterocycles. The number of nitrogens with zero attached hydrogens (tertiary/aromatic N) is 1. The molecule has 114 valence electrons. The highest BCUT2D eigenvalue weighted by molar-refractivity contribution is 6.00. The van der Waals surface area contributed by atoms with E-state index in [1.807, 2.05) is 20.8 Å². The molecule has 0 aliphatic carbocycles. The monoisotopic (exact) mass is 292 g/mol. The minimum absolute atomic E-state index is 0.0242. The second-order valence-electron chi connectivity index (χ2n) is 5.43. The van der Waals surface area contributed by atoms with Crippen LogP contribution in [0.5, 0.6) is 0 Å². The van der Waals surface area contributed by atoms with Gasteiger partial charge in [-0.1, -0.05) is 11.6 Å². The van der Waals surface area contributed by atoms with Gasteiger partial charge in [-0.05, 0) is 32.9 Å². The van der Waals surface area contributed by atoms with E-state index in [0.717, 1.165) is 5.56 Å². The first-order chi connectivity index (χ1) is 9.88. The van der Waals surface area contributed by atoms with E-state index < -0.39 is 5.97 Å². The average molecular weight is 292 g/mol. The fourth-order valence-corrected chi connectivity index (χ4v) is 2.32. The van der Waals surface area contributed by atoms with Crippen molar-refractivity contribution in [2.24, 2.45) is 0 Å². The topological polar surface area (TPSA) is 78.9 Å². The van der Waals surface area contributed by atoms with E-state index in [0.29, 0.717) is 18.8 Å². The van der Waals surface area contributed by atoms with E-state index in [4.69, 9.17) is 4.74 Å². The van der Waals surface area contributed by atoms with Crippen molar-refractivity contribution >= 4 is 17.7 Å². The van der Waals surface area contributed by atoms with Gasteiger partial charge in [-0.2, -0.15) is 0 Å². The number of carbonyl (C=O) groups is 2. The largest absolute Gasteiger partial charge is 0.478 e. The average Bonchev–Trinajstić information content (AvgIpc) is 2.43. The van der Waals surface area contributed by atoms with Crippen LogP contribution in [0.25, 0.3) is 0 Å². The van der Waals surface area contributed by atoms with Crippen molar-refractivity contribution in [3.63, 3.8) is 0 Å². The first-order valence-electron chi connectivity index (χ1n) is 6.91. The van der Waals surface area contributed by atoms with Crippen LogP contribution in [0.2, 0.25) is 0 Å². The smallest absolute Gasteiger partial charge is 0.337 e. The van der Waals surface area contributed by atoms with Gasteiger partial charge in [0.1, 0.15) is 0 Å². The van der Waals surface area contributed by atoms with Crippen LogP contribution in [-0.4, -0.2) is 47.3 Å². The molecular weight excluding hydrogens is 272 g/mol. The van der Waals surface area contributed by atoms with Crippen molar-refractivity contribution in [1.82, 2.24) is 4.90 Å². The summed E-state index contributed by atoms with van der Waals surface area (Å²) in [5, 5.41) is 11.9. The Morgan fingerprint density at radius 2 is 2.10 bits per heavy atom. The molecule has 1 heterocycles. The fourth-order valence-electron chi connectivity index (χ4n) is 2.32. The van der Waals surface area contributed by atoms with Gasteiger partial charge in [0.05, 0.1) is 30.0 Å². The molecule has 0 bridgehead atoms. The van der Waals surface area contributed by atoms with Gasteiger partial charge in [0, 0.05) is 6.54 Å². The molecule has 1 saturated heterocycles. The summed E-state index contributed by atoms with van der Waals surface area (Å²) in [5.41, 5.74) is 1.24. The maximum Gasteiger partial charge on any atom is 0.337 e. The third-order valence-corrected chi connectivity index (χ3v) is 3.52. The summed E-state index contributed by atoms with van der Waals surface area (Å²) in [7, 11) is 0. The van der Waals surface area contributed by atoms with Gasteiger partial charge in [-0.3, -0.25) is 0 Å². The lowest BCUT2D eigenvalue weighted by Crippen LogP contribution is -2.51. The molecule has 1 aromatic carbocycles. The summed E-state index contributed by atoms with van der Waals surface area (Å²) in [4.78, 5) is 25.3. The number of hydrogen-bond donors (Lipinski definition) is 2. The second-order valence-corrected chi connectivity index (χ2v) is 5.43. The molecule has 1 fully saturated rings. The second kappa shape index (κ2) is 6.13. The zero-order valence-corrected chi connectivity index (χ0v) is 12.4. The zero-order chi connectivity index (χ0) is 15.6. The van der Waals surface area contributed by atoms with E-state index in [-0.39, 0.29) is 23.7 Å². The number of carboxylic acids is 1. The number of morpholine rings is 1. The van der Waals surface area contributed by atoms with Gasteiger partial charge >= 0.3 is 12.0 Å². The summed E-state index contributed by atoms with van der Waals surface area (Å²) < 4.78 is 5.48. The van der Waals surface area contributed by atoms with E-state index in [1.165, 1.54) is 0 Å². The Morgan fingerprint density at radius 1 is 1.38 bits per heavy atom. The maximum atomic E-state index is 12.3. The lowest BCUT2D eigenvalue weighted by atomic mass is 10.1. The molecule has 0 spiro atoms. The molecule has 0 saturated carbocycles. The predicted octanol–water partition coefficient (Wildman–Crippen LogP) is 2.33. The molecule has 2 N–H and O–H groups in total. The number of anilines is 1. The molecule has 21 heavy (non-hydrogen) atoms. The number of rotatable bonds is 2. The van der Waals surface area contributed by atoms with Crippen molar-refractivity contribution in [3.8, 4) is 0 Å². The number of carboxylic acid groups (broad SMARTS) is 1. The minimum Gasteiger partial charge on any atom is -0.478 e. The first-order valence-corrected chi connectivity index (χ1v) is 6.91. The molecule has 6 nitrogen and oxygen atoms in total. The number of amides is 2. The molecule has 2 rings (SSSR count). The van der Waals surface area contributed by atoms with Gasteiger partial charge < -0.3 is 20.1 Å². The van der Waals surface area contributed by atoms with Crippen LogP contribution in [0.4, 0.5) is 10.5 Å². The van der Waals surface area contributed by atoms with Crippen molar-refractivity contribution in [2.45, 2.75) is 32.9 Å². The van der Waals surface area contributed by atoms with Crippen molar-refractivity contribution in [3.05, 3.63) is 29.3 Å².